The lowest BCUT2D eigenvalue weighted by Gasteiger charge is -2.17. The number of amides is 1. The first-order chi connectivity index (χ1) is 11.0. The summed E-state index contributed by atoms with van der Waals surface area (Å²) in [5, 5.41) is 0.510. The predicted molar refractivity (Wildman–Crippen MR) is 88.7 cm³/mol. The van der Waals surface area contributed by atoms with Crippen LogP contribution in [0.5, 0.6) is 0 Å². The number of hydrogen-bond acceptors (Lipinski definition) is 2. The van der Waals surface area contributed by atoms with Crippen molar-refractivity contribution in [3.8, 4) is 0 Å². The van der Waals surface area contributed by atoms with Crippen LogP contribution in [0.1, 0.15) is 20.8 Å². The molecule has 0 saturated carbocycles. The molecule has 1 aromatic heterocycles. The fraction of sp³-hybridized carbons (Fsp3) is 0.167. The van der Waals surface area contributed by atoms with Gasteiger partial charge in [-0.2, -0.15) is 0 Å². The van der Waals surface area contributed by atoms with E-state index in [4.69, 9.17) is 0 Å². The van der Waals surface area contributed by atoms with Crippen LogP contribution in [0, 0.1) is 18.6 Å². The number of thiophene rings is 1. The van der Waals surface area contributed by atoms with Crippen molar-refractivity contribution in [3.63, 3.8) is 0 Å². The Bertz CT molecular complexity index is 871. The number of halogens is 2. The molecule has 0 aliphatic carbocycles. The number of hydrogen-bond donors (Lipinski definition) is 0. The maximum atomic E-state index is 14.0. The molecule has 5 heteroatoms. The van der Waals surface area contributed by atoms with Gasteiger partial charge in [-0.1, -0.05) is 18.2 Å². The van der Waals surface area contributed by atoms with Crippen molar-refractivity contribution in [1.82, 2.24) is 4.90 Å². The minimum atomic E-state index is -0.309. The Labute approximate surface area is 137 Å². The number of rotatable bonds is 3. The monoisotopic (exact) mass is 331 g/mol. The van der Waals surface area contributed by atoms with Gasteiger partial charge in [-0.15, -0.1) is 11.3 Å². The minimum absolute atomic E-state index is 0.160. The molecule has 0 aliphatic rings. The number of carbonyl (C=O) groups is 1. The zero-order valence-electron chi connectivity index (χ0n) is 12.8. The Hall–Kier alpha value is -2.27. The van der Waals surface area contributed by atoms with Crippen LogP contribution in [0.2, 0.25) is 0 Å². The zero-order valence-corrected chi connectivity index (χ0v) is 13.6. The summed E-state index contributed by atoms with van der Waals surface area (Å²) >= 11 is 1.30. The second kappa shape index (κ2) is 6.08. The van der Waals surface area contributed by atoms with Gasteiger partial charge in [-0.05, 0) is 42.3 Å². The number of fused-ring (bicyclic) bond motifs is 1. The molecule has 23 heavy (non-hydrogen) atoms. The van der Waals surface area contributed by atoms with Gasteiger partial charge in [0.2, 0.25) is 0 Å². The van der Waals surface area contributed by atoms with E-state index in [0.717, 1.165) is 10.3 Å². The fourth-order valence-corrected chi connectivity index (χ4v) is 3.78. The standard InChI is InChI=1S/C18H15F2NOS/c1-11-16-14(20)4-3-5-15(16)23-17(11)18(22)21(2)10-12-6-8-13(19)9-7-12/h3-9H,10H2,1-2H3. The van der Waals surface area contributed by atoms with Gasteiger partial charge in [-0.3, -0.25) is 4.79 Å². The quantitative estimate of drug-likeness (QED) is 0.677. The lowest BCUT2D eigenvalue weighted by Crippen LogP contribution is -2.25. The van der Waals surface area contributed by atoms with Crippen LogP contribution >= 0.6 is 11.3 Å². The van der Waals surface area contributed by atoms with Crippen LogP contribution in [0.15, 0.2) is 42.5 Å². The Morgan fingerprint density at radius 3 is 2.48 bits per heavy atom. The Balaban J connectivity index is 1.89. The van der Waals surface area contributed by atoms with Crippen LogP contribution in [-0.2, 0) is 6.54 Å². The molecule has 0 radical (unpaired) electrons. The van der Waals surface area contributed by atoms with Gasteiger partial charge in [0.15, 0.2) is 0 Å². The SMILES string of the molecule is Cc1c(C(=O)N(C)Cc2ccc(F)cc2)sc2cccc(F)c12. The van der Waals surface area contributed by atoms with Crippen LogP contribution < -0.4 is 0 Å². The second-order valence-corrected chi connectivity index (χ2v) is 6.51. The highest BCUT2D eigenvalue weighted by Crippen LogP contribution is 2.33. The number of benzene rings is 2. The summed E-state index contributed by atoms with van der Waals surface area (Å²) in [6.07, 6.45) is 0. The maximum Gasteiger partial charge on any atom is 0.264 e. The van der Waals surface area contributed by atoms with E-state index in [0.29, 0.717) is 22.4 Å². The average molecular weight is 331 g/mol. The van der Waals surface area contributed by atoms with Gasteiger partial charge in [0.25, 0.3) is 5.91 Å². The molecule has 2 nitrogen and oxygen atoms in total. The van der Waals surface area contributed by atoms with Gasteiger partial charge < -0.3 is 4.90 Å². The first-order valence-corrected chi connectivity index (χ1v) is 7.96. The number of aryl methyl sites for hydroxylation is 1. The second-order valence-electron chi connectivity index (χ2n) is 5.46. The summed E-state index contributed by atoms with van der Waals surface area (Å²) in [4.78, 5) is 14.8. The molecular weight excluding hydrogens is 316 g/mol. The molecule has 0 saturated heterocycles. The minimum Gasteiger partial charge on any atom is -0.337 e. The molecule has 0 unspecified atom stereocenters. The van der Waals surface area contributed by atoms with E-state index in [9.17, 15) is 13.6 Å². The van der Waals surface area contributed by atoms with Gasteiger partial charge in [0, 0.05) is 23.7 Å². The predicted octanol–water partition coefficient (Wildman–Crippen LogP) is 4.76. The van der Waals surface area contributed by atoms with Crippen molar-refractivity contribution in [2.24, 2.45) is 0 Å². The summed E-state index contributed by atoms with van der Waals surface area (Å²) in [6.45, 7) is 2.14. The highest BCUT2D eigenvalue weighted by Gasteiger charge is 2.20. The molecular formula is C18H15F2NOS. The summed E-state index contributed by atoms with van der Waals surface area (Å²) in [5.74, 6) is -0.775. The van der Waals surface area contributed by atoms with E-state index in [-0.39, 0.29) is 17.5 Å². The summed E-state index contributed by atoms with van der Waals surface area (Å²) < 4.78 is 27.7. The molecule has 0 N–H and O–H groups in total. The van der Waals surface area contributed by atoms with Gasteiger partial charge >= 0.3 is 0 Å². The highest BCUT2D eigenvalue weighted by molar-refractivity contribution is 7.21. The van der Waals surface area contributed by atoms with Crippen molar-refractivity contribution in [2.45, 2.75) is 13.5 Å². The van der Waals surface area contributed by atoms with Crippen molar-refractivity contribution >= 4 is 27.3 Å². The summed E-state index contributed by atoms with van der Waals surface area (Å²) in [5.41, 5.74) is 1.51. The normalized spacial score (nSPS) is 11.0. The highest BCUT2D eigenvalue weighted by atomic mass is 32.1. The summed E-state index contributed by atoms with van der Waals surface area (Å²) in [7, 11) is 1.69. The summed E-state index contributed by atoms with van der Waals surface area (Å²) in [6, 6.07) is 10.9. The van der Waals surface area contributed by atoms with Gasteiger partial charge in [0.05, 0.1) is 4.88 Å². The Morgan fingerprint density at radius 1 is 1.13 bits per heavy atom. The molecule has 1 amide bonds. The molecule has 0 aliphatic heterocycles. The number of nitrogens with zero attached hydrogens (tertiary/aromatic N) is 1. The third-order valence-corrected chi connectivity index (χ3v) is 5.02. The lowest BCUT2D eigenvalue weighted by molar-refractivity contribution is 0.0789. The van der Waals surface area contributed by atoms with Crippen LogP contribution in [0.3, 0.4) is 0 Å². The zero-order chi connectivity index (χ0) is 16.6. The third-order valence-electron chi connectivity index (χ3n) is 3.78. The molecule has 3 rings (SSSR count). The van der Waals surface area contributed by atoms with Crippen LogP contribution in [-0.4, -0.2) is 17.9 Å². The van der Waals surface area contributed by atoms with E-state index in [1.807, 2.05) is 6.07 Å². The Morgan fingerprint density at radius 2 is 1.83 bits per heavy atom. The average Bonchev–Trinajstić information content (AvgIpc) is 2.87. The largest absolute Gasteiger partial charge is 0.337 e. The van der Waals surface area contributed by atoms with E-state index in [2.05, 4.69) is 0 Å². The Kier molecular flexibility index (Phi) is 4.13. The smallest absolute Gasteiger partial charge is 0.264 e. The molecule has 3 aromatic rings. The van der Waals surface area contributed by atoms with Crippen molar-refractivity contribution < 1.29 is 13.6 Å². The molecule has 118 valence electrons. The molecule has 0 atom stereocenters. The topological polar surface area (TPSA) is 20.3 Å². The van der Waals surface area contributed by atoms with Crippen LogP contribution in [0.4, 0.5) is 8.78 Å². The van der Waals surface area contributed by atoms with Crippen molar-refractivity contribution in [2.75, 3.05) is 7.05 Å². The van der Waals surface area contributed by atoms with E-state index in [1.165, 1.54) is 29.5 Å². The van der Waals surface area contributed by atoms with Gasteiger partial charge in [-0.25, -0.2) is 8.78 Å². The molecule has 0 bridgehead atoms. The first-order valence-electron chi connectivity index (χ1n) is 7.15. The molecule has 0 fully saturated rings. The van der Waals surface area contributed by atoms with E-state index < -0.39 is 0 Å². The van der Waals surface area contributed by atoms with Crippen LogP contribution in [0.25, 0.3) is 10.1 Å². The molecule has 0 spiro atoms. The number of carbonyl (C=O) groups excluding carboxylic acids is 1. The fourth-order valence-electron chi connectivity index (χ4n) is 2.57. The van der Waals surface area contributed by atoms with Crippen molar-refractivity contribution in [3.05, 3.63) is 70.1 Å². The van der Waals surface area contributed by atoms with E-state index in [1.54, 1.807) is 37.1 Å². The van der Waals surface area contributed by atoms with Gasteiger partial charge in [0.1, 0.15) is 11.6 Å². The van der Waals surface area contributed by atoms with Crippen molar-refractivity contribution in [1.29, 1.82) is 0 Å². The third kappa shape index (κ3) is 2.97. The lowest BCUT2D eigenvalue weighted by atomic mass is 10.1. The van der Waals surface area contributed by atoms with E-state index >= 15 is 0 Å². The molecule has 2 aromatic carbocycles. The molecule has 1 heterocycles. The maximum absolute atomic E-state index is 14.0. The first kappa shape index (κ1) is 15.6.